The van der Waals surface area contributed by atoms with Crippen molar-refractivity contribution in [3.63, 3.8) is 0 Å². The molecule has 4 N–H and O–H groups in total. The zero-order valence-corrected chi connectivity index (χ0v) is 15.8. The number of nitrogens with zero attached hydrogens (tertiary/aromatic N) is 4. The maximum absolute atomic E-state index is 11.3. The van der Waals surface area contributed by atoms with E-state index >= 15 is 0 Å². The Morgan fingerprint density at radius 2 is 2.19 bits per heavy atom. The van der Waals surface area contributed by atoms with Crippen molar-refractivity contribution in [1.82, 2.24) is 19.5 Å². The van der Waals surface area contributed by atoms with Crippen LogP contribution in [0.2, 0.25) is 0 Å². The van der Waals surface area contributed by atoms with Crippen LogP contribution >= 0.6 is 8.25 Å². The van der Waals surface area contributed by atoms with Crippen LogP contribution in [-0.2, 0) is 23.3 Å². The van der Waals surface area contributed by atoms with Gasteiger partial charge in [0.05, 0.1) is 25.6 Å². The minimum Gasteiger partial charge on any atom is -0.394 e. The third-order valence-corrected chi connectivity index (χ3v) is 4.76. The van der Waals surface area contributed by atoms with Gasteiger partial charge >= 0.3 is 8.25 Å². The zero-order valence-electron chi connectivity index (χ0n) is 14.8. The molecule has 27 heavy (non-hydrogen) atoms. The normalized spacial score (nSPS) is 27.9. The van der Waals surface area contributed by atoms with Crippen LogP contribution < -0.4 is 5.73 Å². The number of aliphatic hydroxyl groups is 1. The Morgan fingerprint density at radius 3 is 2.85 bits per heavy atom. The van der Waals surface area contributed by atoms with E-state index in [0.29, 0.717) is 11.2 Å². The molecule has 12 nitrogen and oxygen atoms in total. The first kappa shape index (κ1) is 20.1. The van der Waals surface area contributed by atoms with Gasteiger partial charge in [0, 0.05) is 7.11 Å². The van der Waals surface area contributed by atoms with Gasteiger partial charge in [0.1, 0.15) is 30.2 Å². The smallest absolute Gasteiger partial charge is 0.317 e. The maximum Gasteiger partial charge on any atom is 0.317 e. The van der Waals surface area contributed by atoms with Gasteiger partial charge in [-0.3, -0.25) is 9.13 Å². The number of imidazole rings is 1. The molecule has 0 radical (unpaired) electrons. The molecule has 1 fully saturated rings. The minimum absolute atomic E-state index is 0.176. The molecule has 0 bridgehead atoms. The van der Waals surface area contributed by atoms with Crippen LogP contribution in [-0.4, -0.2) is 74.3 Å². The molecular formula is C14H22N5O7P. The number of ether oxygens (including phenoxy) is 3. The maximum atomic E-state index is 11.3. The molecule has 0 aliphatic carbocycles. The third-order valence-electron chi connectivity index (χ3n) is 4.29. The largest absolute Gasteiger partial charge is 0.394 e. The lowest BCUT2D eigenvalue weighted by Crippen LogP contribution is -2.38. The predicted octanol–water partition coefficient (Wildman–Crippen LogP) is -0.515. The van der Waals surface area contributed by atoms with Gasteiger partial charge in [-0.05, 0) is 6.92 Å². The molecule has 2 aromatic heterocycles. The second-order valence-corrected chi connectivity index (χ2v) is 6.79. The lowest BCUT2D eigenvalue weighted by Gasteiger charge is -2.25. The van der Waals surface area contributed by atoms with Crippen molar-refractivity contribution in [3.8, 4) is 0 Å². The molecule has 1 aliphatic rings. The Kier molecular flexibility index (Phi) is 6.37. The molecule has 0 saturated carbocycles. The summed E-state index contributed by atoms with van der Waals surface area (Å²) in [5, 5.41) is 9.64. The highest BCUT2D eigenvalue weighted by Crippen LogP contribution is 2.38. The van der Waals surface area contributed by atoms with Crippen LogP contribution in [0.4, 0.5) is 5.82 Å². The van der Waals surface area contributed by atoms with Crippen molar-refractivity contribution >= 4 is 25.2 Å². The first-order chi connectivity index (χ1) is 13.0. The van der Waals surface area contributed by atoms with Gasteiger partial charge in [-0.1, -0.05) is 0 Å². The van der Waals surface area contributed by atoms with Crippen LogP contribution in [0.3, 0.4) is 0 Å². The summed E-state index contributed by atoms with van der Waals surface area (Å²) in [6.45, 7) is 1.55. The topological polar surface area (TPSA) is 164 Å². The van der Waals surface area contributed by atoms with Gasteiger partial charge in [0.2, 0.25) is 0 Å². The molecule has 0 spiro atoms. The summed E-state index contributed by atoms with van der Waals surface area (Å²) in [5.74, 6) is 0.203. The fraction of sp³-hybridized carbons (Fsp3) is 0.643. The Labute approximate surface area is 155 Å². The Balaban J connectivity index is 1.96. The molecular weight excluding hydrogens is 381 g/mol. The first-order valence-electron chi connectivity index (χ1n) is 8.19. The van der Waals surface area contributed by atoms with E-state index in [1.54, 1.807) is 11.5 Å². The van der Waals surface area contributed by atoms with E-state index in [1.165, 1.54) is 19.8 Å². The van der Waals surface area contributed by atoms with E-state index in [9.17, 15) is 14.6 Å². The summed E-state index contributed by atoms with van der Waals surface area (Å²) in [6.07, 6.45) is -0.991. The number of aromatic nitrogens is 4. The fourth-order valence-corrected chi connectivity index (χ4v) is 3.40. The van der Waals surface area contributed by atoms with Crippen LogP contribution in [0.1, 0.15) is 13.2 Å². The van der Waals surface area contributed by atoms with E-state index in [2.05, 4.69) is 15.0 Å². The van der Waals surface area contributed by atoms with Crippen molar-refractivity contribution in [2.24, 2.45) is 0 Å². The lowest BCUT2D eigenvalue weighted by atomic mass is 10.1. The van der Waals surface area contributed by atoms with Gasteiger partial charge in [0.15, 0.2) is 17.7 Å². The van der Waals surface area contributed by atoms with Crippen molar-refractivity contribution < 1.29 is 33.3 Å². The number of anilines is 1. The Morgan fingerprint density at radius 1 is 1.41 bits per heavy atom. The molecule has 3 heterocycles. The van der Waals surface area contributed by atoms with Crippen molar-refractivity contribution in [2.45, 2.75) is 37.6 Å². The minimum atomic E-state index is -3.30. The van der Waals surface area contributed by atoms with Gasteiger partial charge in [0.25, 0.3) is 0 Å². The van der Waals surface area contributed by atoms with Crippen LogP contribution in [0.25, 0.3) is 11.2 Å². The van der Waals surface area contributed by atoms with Crippen LogP contribution in [0.5, 0.6) is 0 Å². The number of rotatable bonds is 8. The Bertz CT molecular complexity index is 805. The van der Waals surface area contributed by atoms with E-state index in [4.69, 9.17) is 24.5 Å². The fourth-order valence-electron chi connectivity index (χ4n) is 2.89. The lowest BCUT2D eigenvalue weighted by molar-refractivity contribution is -0.0900. The SMILES string of the molecule is CO[C@@H](C)COC1[C@@H](O[PH](=O)O)[C@@H](CO)O[C@H]1n1cnc2c(N)ncnc21. The zero-order chi connectivity index (χ0) is 19.6. The number of nitrogens with two attached hydrogens (primary N) is 1. The molecule has 150 valence electrons. The standard InChI is InChI=1S/C14H22N5O7P/c1-7(23-2)4-24-11-10(26-27(21)22)8(3-20)25-14(11)19-6-18-9-12(15)16-5-17-13(9)19/h5-8,10-11,14,20,27H,3-4H2,1-2H3,(H,21,22)(H2,15,16,17)/t7-,8+,10-,11?,14+/m0/s1. The summed E-state index contributed by atoms with van der Waals surface area (Å²) >= 11 is 0. The van der Waals surface area contributed by atoms with Crippen molar-refractivity contribution in [3.05, 3.63) is 12.7 Å². The molecule has 0 amide bonds. The van der Waals surface area contributed by atoms with Gasteiger partial charge in [-0.2, -0.15) is 0 Å². The Hall–Kier alpha value is -1.66. The summed E-state index contributed by atoms with van der Waals surface area (Å²) in [6, 6.07) is 0. The van der Waals surface area contributed by atoms with E-state index < -0.39 is 39.4 Å². The highest BCUT2D eigenvalue weighted by Gasteiger charge is 2.48. The molecule has 2 aromatic rings. The highest BCUT2D eigenvalue weighted by molar-refractivity contribution is 7.32. The monoisotopic (exact) mass is 403 g/mol. The molecule has 1 aliphatic heterocycles. The van der Waals surface area contributed by atoms with Gasteiger partial charge < -0.3 is 34.5 Å². The summed E-state index contributed by atoms with van der Waals surface area (Å²) in [5.41, 5.74) is 6.59. The number of nitrogen functional groups attached to an aromatic ring is 1. The van der Waals surface area contributed by atoms with Crippen molar-refractivity contribution in [2.75, 3.05) is 26.1 Å². The number of hydrogen-bond acceptors (Lipinski definition) is 10. The second-order valence-electron chi connectivity index (χ2n) is 6.02. The van der Waals surface area contributed by atoms with E-state index in [0.717, 1.165) is 0 Å². The number of methoxy groups -OCH3 is 1. The predicted molar refractivity (Wildman–Crippen MR) is 93.0 cm³/mol. The van der Waals surface area contributed by atoms with Crippen molar-refractivity contribution in [1.29, 1.82) is 0 Å². The van der Waals surface area contributed by atoms with E-state index in [1.807, 2.05) is 0 Å². The van der Waals surface area contributed by atoms with Crippen LogP contribution in [0.15, 0.2) is 12.7 Å². The van der Waals surface area contributed by atoms with E-state index in [-0.39, 0.29) is 18.5 Å². The molecule has 6 atom stereocenters. The second kappa shape index (κ2) is 8.57. The number of aliphatic hydroxyl groups excluding tert-OH is 1. The van der Waals surface area contributed by atoms with Gasteiger partial charge in [-0.15, -0.1) is 0 Å². The molecule has 3 rings (SSSR count). The third kappa shape index (κ3) is 4.11. The average Bonchev–Trinajstić information content (AvgIpc) is 3.21. The molecule has 0 aromatic carbocycles. The molecule has 13 heteroatoms. The summed E-state index contributed by atoms with van der Waals surface area (Å²) in [7, 11) is -1.76. The first-order valence-corrected chi connectivity index (χ1v) is 9.46. The molecule has 1 saturated heterocycles. The summed E-state index contributed by atoms with van der Waals surface area (Å²) in [4.78, 5) is 21.5. The average molecular weight is 403 g/mol. The van der Waals surface area contributed by atoms with Crippen LogP contribution in [0, 0.1) is 0 Å². The summed E-state index contributed by atoms with van der Waals surface area (Å²) < 4.78 is 34.9. The number of fused-ring (bicyclic) bond motifs is 1. The van der Waals surface area contributed by atoms with Gasteiger partial charge in [-0.25, -0.2) is 15.0 Å². The highest BCUT2D eigenvalue weighted by atomic mass is 31.1. The molecule has 2 unspecified atom stereocenters. The quantitative estimate of drug-likeness (QED) is 0.486. The number of hydrogen-bond donors (Lipinski definition) is 3.